The van der Waals surface area contributed by atoms with E-state index in [2.05, 4.69) is 11.8 Å². The van der Waals surface area contributed by atoms with E-state index in [4.69, 9.17) is 4.74 Å². The van der Waals surface area contributed by atoms with Crippen molar-refractivity contribution < 1.29 is 14.6 Å². The van der Waals surface area contributed by atoms with Gasteiger partial charge in [-0.25, -0.2) is 0 Å². The number of piperidine rings is 1. The Morgan fingerprint density at radius 1 is 1.08 bits per heavy atom. The summed E-state index contributed by atoms with van der Waals surface area (Å²) < 4.78 is 5.13. The summed E-state index contributed by atoms with van der Waals surface area (Å²) in [7, 11) is 1.63. The van der Waals surface area contributed by atoms with Crippen LogP contribution in [0.25, 0.3) is 0 Å². The van der Waals surface area contributed by atoms with E-state index >= 15 is 0 Å². The summed E-state index contributed by atoms with van der Waals surface area (Å²) in [4.78, 5) is 14.4. The average molecular weight is 335 g/mol. The van der Waals surface area contributed by atoms with E-state index in [9.17, 15) is 9.90 Å². The lowest BCUT2D eigenvalue weighted by Gasteiger charge is -2.29. The van der Waals surface area contributed by atoms with Gasteiger partial charge in [0.25, 0.3) is 5.91 Å². The van der Waals surface area contributed by atoms with E-state index in [0.717, 1.165) is 16.9 Å². The number of hydrogen-bond acceptors (Lipinski definition) is 3. The minimum absolute atomic E-state index is 0.00000234. The maximum absolute atomic E-state index is 12.6. The molecular weight excluding hydrogens is 314 g/mol. The largest absolute Gasteiger partial charge is 0.497 e. The molecule has 2 aromatic rings. The number of benzene rings is 2. The van der Waals surface area contributed by atoms with Crippen LogP contribution in [0.2, 0.25) is 0 Å². The van der Waals surface area contributed by atoms with E-state index < -0.39 is 0 Å². The Hall–Kier alpha value is -2.77. The highest BCUT2D eigenvalue weighted by Gasteiger charge is 2.22. The van der Waals surface area contributed by atoms with Gasteiger partial charge in [0.05, 0.1) is 13.2 Å². The molecule has 1 saturated heterocycles. The number of likely N-dealkylation sites (tertiary alicyclic amines) is 1. The second-order valence-corrected chi connectivity index (χ2v) is 6.08. The summed E-state index contributed by atoms with van der Waals surface area (Å²) in [5.41, 5.74) is 2.33. The molecule has 3 rings (SSSR count). The zero-order chi connectivity index (χ0) is 17.6. The van der Waals surface area contributed by atoms with Crippen LogP contribution in [0.3, 0.4) is 0 Å². The van der Waals surface area contributed by atoms with Crippen LogP contribution < -0.4 is 4.74 Å². The number of aliphatic hydroxyl groups excluding tert-OH is 1. The van der Waals surface area contributed by atoms with Crippen molar-refractivity contribution in [3.63, 3.8) is 0 Å². The molecule has 0 atom stereocenters. The molecule has 1 aliphatic heterocycles. The second-order valence-electron chi connectivity index (χ2n) is 6.08. The minimum Gasteiger partial charge on any atom is -0.497 e. The molecule has 2 aromatic carbocycles. The number of rotatable bonds is 2. The predicted molar refractivity (Wildman–Crippen MR) is 96.6 cm³/mol. The summed E-state index contributed by atoms with van der Waals surface area (Å²) >= 11 is 0. The first-order chi connectivity index (χ1) is 12.2. The van der Waals surface area contributed by atoms with Gasteiger partial charge >= 0.3 is 0 Å². The van der Waals surface area contributed by atoms with Gasteiger partial charge in [0.2, 0.25) is 0 Å². The fourth-order valence-electron chi connectivity index (χ4n) is 2.80. The minimum atomic E-state index is -0.286. The quantitative estimate of drug-likeness (QED) is 0.859. The second kappa shape index (κ2) is 7.87. The molecular formula is C21H21NO3. The highest BCUT2D eigenvalue weighted by Crippen LogP contribution is 2.15. The van der Waals surface area contributed by atoms with Crippen LogP contribution in [0.5, 0.6) is 5.75 Å². The summed E-state index contributed by atoms with van der Waals surface area (Å²) in [6.45, 7) is 1.20. The molecule has 1 aliphatic rings. The van der Waals surface area contributed by atoms with Crippen LogP contribution in [0.15, 0.2) is 48.5 Å². The van der Waals surface area contributed by atoms with Crippen molar-refractivity contribution in [3.05, 3.63) is 65.2 Å². The van der Waals surface area contributed by atoms with Crippen molar-refractivity contribution in [1.29, 1.82) is 0 Å². The number of nitrogens with zero attached hydrogens (tertiary/aromatic N) is 1. The summed E-state index contributed by atoms with van der Waals surface area (Å²) in [6, 6.07) is 14.9. The molecule has 4 heteroatoms. The molecule has 0 aromatic heterocycles. The number of hydrogen-bond donors (Lipinski definition) is 1. The molecule has 0 spiro atoms. The fourth-order valence-corrected chi connectivity index (χ4v) is 2.80. The highest BCUT2D eigenvalue weighted by molar-refractivity contribution is 5.94. The molecule has 0 saturated carbocycles. The van der Waals surface area contributed by atoms with E-state index in [1.807, 2.05) is 48.5 Å². The molecule has 0 bridgehead atoms. The first kappa shape index (κ1) is 17.1. The van der Waals surface area contributed by atoms with Gasteiger partial charge in [-0.15, -0.1) is 0 Å². The SMILES string of the molecule is COc1ccc(C#Cc2cccc(C(=O)N3CCC(O)CC3)c2)cc1. The molecule has 0 aliphatic carbocycles. The zero-order valence-corrected chi connectivity index (χ0v) is 14.2. The Balaban J connectivity index is 1.73. The summed E-state index contributed by atoms with van der Waals surface area (Å²) in [5, 5.41) is 9.57. The van der Waals surface area contributed by atoms with Crippen molar-refractivity contribution in [2.75, 3.05) is 20.2 Å². The molecule has 25 heavy (non-hydrogen) atoms. The van der Waals surface area contributed by atoms with Crippen molar-refractivity contribution in [1.82, 2.24) is 4.90 Å². The molecule has 0 radical (unpaired) electrons. The van der Waals surface area contributed by atoms with Gasteiger partial charge in [-0.05, 0) is 55.3 Å². The fraction of sp³-hybridized carbons (Fsp3) is 0.286. The number of carbonyl (C=O) groups excluding carboxylic acids is 1. The third-order valence-corrected chi connectivity index (χ3v) is 4.30. The number of amides is 1. The Bertz CT molecular complexity index is 794. The average Bonchev–Trinajstić information content (AvgIpc) is 2.67. The molecule has 1 N–H and O–H groups in total. The van der Waals surface area contributed by atoms with Crippen LogP contribution in [0.4, 0.5) is 0 Å². The van der Waals surface area contributed by atoms with Crippen LogP contribution in [0.1, 0.15) is 34.3 Å². The zero-order valence-electron chi connectivity index (χ0n) is 14.2. The Kier molecular flexibility index (Phi) is 5.37. The normalized spacial score (nSPS) is 14.6. The third kappa shape index (κ3) is 4.40. The first-order valence-corrected chi connectivity index (χ1v) is 8.39. The smallest absolute Gasteiger partial charge is 0.253 e. The van der Waals surface area contributed by atoms with Gasteiger partial charge in [-0.2, -0.15) is 0 Å². The Labute approximate surface area is 148 Å². The van der Waals surface area contributed by atoms with E-state index in [1.54, 1.807) is 12.0 Å². The van der Waals surface area contributed by atoms with Gasteiger partial charge in [0.1, 0.15) is 5.75 Å². The van der Waals surface area contributed by atoms with Gasteiger partial charge in [0.15, 0.2) is 0 Å². The molecule has 1 heterocycles. The van der Waals surface area contributed by atoms with Crippen LogP contribution >= 0.6 is 0 Å². The van der Waals surface area contributed by atoms with E-state index in [-0.39, 0.29) is 12.0 Å². The molecule has 1 amide bonds. The first-order valence-electron chi connectivity index (χ1n) is 8.39. The molecule has 0 unspecified atom stereocenters. The van der Waals surface area contributed by atoms with Gasteiger partial charge < -0.3 is 14.7 Å². The lowest BCUT2D eigenvalue weighted by Crippen LogP contribution is -2.40. The van der Waals surface area contributed by atoms with E-state index in [0.29, 0.717) is 31.5 Å². The predicted octanol–water partition coefficient (Wildman–Crippen LogP) is 2.69. The highest BCUT2D eigenvalue weighted by atomic mass is 16.5. The van der Waals surface area contributed by atoms with Gasteiger partial charge in [0, 0.05) is 29.8 Å². The molecule has 1 fully saturated rings. The monoisotopic (exact) mass is 335 g/mol. The summed E-state index contributed by atoms with van der Waals surface area (Å²) in [6.07, 6.45) is 0.997. The molecule has 128 valence electrons. The van der Waals surface area contributed by atoms with Crippen molar-refractivity contribution in [2.24, 2.45) is 0 Å². The van der Waals surface area contributed by atoms with E-state index in [1.165, 1.54) is 0 Å². The van der Waals surface area contributed by atoms with Gasteiger partial charge in [-0.1, -0.05) is 17.9 Å². The number of carbonyl (C=O) groups is 1. The lowest BCUT2D eigenvalue weighted by molar-refractivity contribution is 0.0546. The summed E-state index contributed by atoms with van der Waals surface area (Å²) in [5.74, 6) is 7.00. The van der Waals surface area contributed by atoms with Crippen molar-refractivity contribution in [2.45, 2.75) is 18.9 Å². The maximum atomic E-state index is 12.6. The van der Waals surface area contributed by atoms with Crippen LogP contribution in [-0.2, 0) is 0 Å². The van der Waals surface area contributed by atoms with Crippen molar-refractivity contribution >= 4 is 5.91 Å². The Morgan fingerprint density at radius 3 is 2.44 bits per heavy atom. The topological polar surface area (TPSA) is 49.8 Å². The van der Waals surface area contributed by atoms with Gasteiger partial charge in [-0.3, -0.25) is 4.79 Å². The third-order valence-electron chi connectivity index (χ3n) is 4.30. The lowest BCUT2D eigenvalue weighted by atomic mass is 10.1. The van der Waals surface area contributed by atoms with Crippen LogP contribution in [0, 0.1) is 11.8 Å². The Morgan fingerprint density at radius 2 is 1.76 bits per heavy atom. The molecule has 4 nitrogen and oxygen atoms in total. The number of methoxy groups -OCH3 is 1. The van der Waals surface area contributed by atoms with Crippen LogP contribution in [-0.4, -0.2) is 42.2 Å². The number of ether oxygens (including phenoxy) is 1. The number of aliphatic hydroxyl groups is 1. The standard InChI is InChI=1S/C21H21NO3/c1-25-20-9-7-16(8-10-20)5-6-17-3-2-4-18(15-17)21(24)22-13-11-19(23)12-14-22/h2-4,7-10,15,19,23H,11-14H2,1H3. The van der Waals surface area contributed by atoms with Crippen molar-refractivity contribution in [3.8, 4) is 17.6 Å². The maximum Gasteiger partial charge on any atom is 0.253 e.